The lowest BCUT2D eigenvalue weighted by Gasteiger charge is -2.04. The number of nitriles is 1. The molecular formula is C12H8F2N4O. The quantitative estimate of drug-likeness (QED) is 0.897. The topological polar surface area (TPSA) is 70.7 Å². The molecule has 0 bridgehead atoms. The standard InChI is InChI=1S/C12H8F2N4O/c1-18-6-7(5-15)11(17-18)16-12(19)8-3-2-4-9(13)10(8)14/h2-4,6H,1H3,(H,16,17,19). The summed E-state index contributed by atoms with van der Waals surface area (Å²) >= 11 is 0. The van der Waals surface area contributed by atoms with Crippen molar-refractivity contribution in [1.82, 2.24) is 9.78 Å². The van der Waals surface area contributed by atoms with Crippen LogP contribution in [0.4, 0.5) is 14.6 Å². The molecule has 0 fully saturated rings. The second-order valence-corrected chi connectivity index (χ2v) is 3.73. The van der Waals surface area contributed by atoms with Gasteiger partial charge in [-0.15, -0.1) is 0 Å². The molecule has 2 aromatic rings. The van der Waals surface area contributed by atoms with Crippen molar-refractivity contribution in [1.29, 1.82) is 5.26 Å². The van der Waals surface area contributed by atoms with Crippen LogP contribution in [0.5, 0.6) is 0 Å². The number of hydrogen-bond acceptors (Lipinski definition) is 3. The van der Waals surface area contributed by atoms with E-state index in [-0.39, 0.29) is 11.4 Å². The zero-order valence-electron chi connectivity index (χ0n) is 9.82. The number of anilines is 1. The van der Waals surface area contributed by atoms with Gasteiger partial charge in [-0.05, 0) is 12.1 Å². The van der Waals surface area contributed by atoms with E-state index in [1.54, 1.807) is 7.05 Å². The van der Waals surface area contributed by atoms with Crippen LogP contribution in [0.2, 0.25) is 0 Å². The molecule has 96 valence electrons. The Morgan fingerprint density at radius 2 is 2.21 bits per heavy atom. The average molecular weight is 262 g/mol. The summed E-state index contributed by atoms with van der Waals surface area (Å²) in [6, 6.07) is 5.10. The molecular weight excluding hydrogens is 254 g/mol. The van der Waals surface area contributed by atoms with Crippen molar-refractivity contribution >= 4 is 11.7 Å². The summed E-state index contributed by atoms with van der Waals surface area (Å²) < 4.78 is 27.7. The highest BCUT2D eigenvalue weighted by atomic mass is 19.2. The van der Waals surface area contributed by atoms with Gasteiger partial charge >= 0.3 is 0 Å². The highest BCUT2D eigenvalue weighted by molar-refractivity contribution is 6.04. The van der Waals surface area contributed by atoms with E-state index in [1.807, 2.05) is 6.07 Å². The minimum absolute atomic E-state index is 0.00124. The van der Waals surface area contributed by atoms with Crippen molar-refractivity contribution in [2.75, 3.05) is 5.32 Å². The molecule has 0 saturated carbocycles. The van der Waals surface area contributed by atoms with E-state index >= 15 is 0 Å². The third kappa shape index (κ3) is 2.42. The van der Waals surface area contributed by atoms with E-state index in [4.69, 9.17) is 5.26 Å². The smallest absolute Gasteiger partial charge is 0.259 e. The Morgan fingerprint density at radius 3 is 2.89 bits per heavy atom. The van der Waals surface area contributed by atoms with Crippen LogP contribution < -0.4 is 5.32 Å². The monoisotopic (exact) mass is 262 g/mol. The molecule has 2 rings (SSSR count). The second kappa shape index (κ2) is 4.86. The third-order valence-corrected chi connectivity index (χ3v) is 2.38. The first kappa shape index (κ1) is 12.7. The second-order valence-electron chi connectivity index (χ2n) is 3.73. The first-order valence-electron chi connectivity index (χ1n) is 5.22. The van der Waals surface area contributed by atoms with Crippen LogP contribution in [0.15, 0.2) is 24.4 Å². The maximum absolute atomic E-state index is 13.4. The number of halogens is 2. The van der Waals surface area contributed by atoms with Crippen molar-refractivity contribution in [2.45, 2.75) is 0 Å². The molecule has 5 nitrogen and oxygen atoms in total. The minimum atomic E-state index is -1.24. The fourth-order valence-corrected chi connectivity index (χ4v) is 1.52. The van der Waals surface area contributed by atoms with Crippen molar-refractivity contribution in [3.63, 3.8) is 0 Å². The molecule has 1 aromatic carbocycles. The summed E-state index contributed by atoms with van der Waals surface area (Å²) in [5.74, 6) is -3.23. The van der Waals surface area contributed by atoms with Crippen LogP contribution in [0.3, 0.4) is 0 Å². The van der Waals surface area contributed by atoms with Crippen molar-refractivity contribution in [3.8, 4) is 6.07 Å². The lowest BCUT2D eigenvalue weighted by molar-refractivity contribution is 0.102. The van der Waals surface area contributed by atoms with Crippen LogP contribution in [0.25, 0.3) is 0 Å². The molecule has 0 saturated heterocycles. The summed E-state index contributed by atoms with van der Waals surface area (Å²) in [7, 11) is 1.57. The van der Waals surface area contributed by atoms with Crippen molar-refractivity contribution in [2.24, 2.45) is 7.05 Å². The number of amides is 1. The first-order valence-corrected chi connectivity index (χ1v) is 5.22. The summed E-state index contributed by atoms with van der Waals surface area (Å²) in [6.45, 7) is 0. The van der Waals surface area contributed by atoms with E-state index < -0.39 is 23.1 Å². The summed E-state index contributed by atoms with van der Waals surface area (Å²) in [4.78, 5) is 11.8. The number of carbonyl (C=O) groups is 1. The molecule has 7 heteroatoms. The first-order chi connectivity index (χ1) is 9.02. The van der Waals surface area contributed by atoms with Crippen molar-refractivity contribution in [3.05, 3.63) is 47.2 Å². The number of benzene rings is 1. The number of nitrogens with one attached hydrogen (secondary N) is 1. The lowest BCUT2D eigenvalue weighted by Crippen LogP contribution is -2.15. The van der Waals surface area contributed by atoms with Gasteiger partial charge in [0.2, 0.25) is 0 Å². The maximum Gasteiger partial charge on any atom is 0.259 e. The third-order valence-electron chi connectivity index (χ3n) is 2.38. The van der Waals surface area contributed by atoms with Crippen molar-refractivity contribution < 1.29 is 13.6 Å². The molecule has 0 spiro atoms. The van der Waals surface area contributed by atoms with E-state index in [0.29, 0.717) is 0 Å². The van der Waals surface area contributed by atoms with Gasteiger partial charge in [-0.25, -0.2) is 8.78 Å². The highest BCUT2D eigenvalue weighted by Gasteiger charge is 2.17. The highest BCUT2D eigenvalue weighted by Crippen LogP contribution is 2.15. The molecule has 1 N–H and O–H groups in total. The zero-order chi connectivity index (χ0) is 14.0. The molecule has 1 heterocycles. The normalized spacial score (nSPS) is 10.0. The molecule has 19 heavy (non-hydrogen) atoms. The van der Waals surface area contributed by atoms with Gasteiger partial charge in [0, 0.05) is 13.2 Å². The van der Waals surface area contributed by atoms with Crippen LogP contribution >= 0.6 is 0 Å². The van der Waals surface area contributed by atoms with Crippen LogP contribution in [-0.4, -0.2) is 15.7 Å². The van der Waals surface area contributed by atoms with Gasteiger partial charge < -0.3 is 5.32 Å². The number of carbonyl (C=O) groups excluding carboxylic acids is 1. The maximum atomic E-state index is 13.4. The molecule has 1 amide bonds. The Hall–Kier alpha value is -2.75. The summed E-state index contributed by atoms with van der Waals surface area (Å²) in [5.41, 5.74) is -0.317. The van der Waals surface area contributed by atoms with E-state index in [2.05, 4.69) is 10.4 Å². The van der Waals surface area contributed by atoms with Gasteiger partial charge in [-0.2, -0.15) is 10.4 Å². The van der Waals surface area contributed by atoms with Gasteiger partial charge in [0.05, 0.1) is 5.56 Å². The van der Waals surface area contributed by atoms with Crippen LogP contribution in [0.1, 0.15) is 15.9 Å². The van der Waals surface area contributed by atoms with E-state index in [9.17, 15) is 13.6 Å². The Balaban J connectivity index is 2.31. The van der Waals surface area contributed by atoms with Crippen LogP contribution in [0, 0.1) is 23.0 Å². The fraction of sp³-hybridized carbons (Fsp3) is 0.0833. The molecule has 0 aliphatic rings. The predicted molar refractivity (Wildman–Crippen MR) is 62.2 cm³/mol. The summed E-state index contributed by atoms with van der Waals surface area (Å²) in [5, 5.41) is 14.9. The SMILES string of the molecule is Cn1cc(C#N)c(NC(=O)c2cccc(F)c2F)n1. The number of rotatable bonds is 2. The molecule has 1 aromatic heterocycles. The largest absolute Gasteiger partial charge is 0.304 e. The number of aromatic nitrogens is 2. The minimum Gasteiger partial charge on any atom is -0.304 e. The Morgan fingerprint density at radius 1 is 1.47 bits per heavy atom. The lowest BCUT2D eigenvalue weighted by atomic mass is 10.2. The number of aryl methyl sites for hydroxylation is 1. The molecule has 0 unspecified atom stereocenters. The average Bonchev–Trinajstić information content (AvgIpc) is 2.72. The summed E-state index contributed by atoms with van der Waals surface area (Å²) in [6.07, 6.45) is 1.40. The predicted octanol–water partition coefficient (Wildman–Crippen LogP) is 1.82. The molecule has 0 atom stereocenters. The zero-order valence-corrected chi connectivity index (χ0v) is 9.82. The molecule has 0 aliphatic heterocycles. The fourth-order valence-electron chi connectivity index (χ4n) is 1.52. The van der Waals surface area contributed by atoms with E-state index in [1.165, 1.54) is 16.9 Å². The van der Waals surface area contributed by atoms with Crippen LogP contribution in [-0.2, 0) is 7.05 Å². The van der Waals surface area contributed by atoms with Gasteiger partial charge in [-0.1, -0.05) is 6.07 Å². The molecule has 0 aliphatic carbocycles. The van der Waals surface area contributed by atoms with Gasteiger partial charge in [0.25, 0.3) is 5.91 Å². The number of nitrogens with zero attached hydrogens (tertiary/aromatic N) is 3. The van der Waals surface area contributed by atoms with E-state index in [0.717, 1.165) is 12.1 Å². The van der Waals surface area contributed by atoms with Gasteiger partial charge in [-0.3, -0.25) is 9.48 Å². The van der Waals surface area contributed by atoms with Gasteiger partial charge in [0.15, 0.2) is 17.5 Å². The Kier molecular flexibility index (Phi) is 3.25. The Labute approximate surface area is 107 Å². The van der Waals surface area contributed by atoms with Gasteiger partial charge in [0.1, 0.15) is 11.6 Å². The molecule has 0 radical (unpaired) electrons. The number of hydrogen-bond donors (Lipinski definition) is 1. The Bertz CT molecular complexity index is 688.